The molecule has 1 aliphatic heterocycles. The SMILES string of the molecule is Cc1cc(Cc2cccc(Cl)c2)cc([C@H]2CCCN(C(=O)c3n[nH]c4c3CCCC4)C2)n1. The minimum absolute atomic E-state index is 0.0703. The molecule has 5 nitrogen and oxygen atoms in total. The first-order valence-corrected chi connectivity index (χ1v) is 12.0. The Morgan fingerprint density at radius 2 is 2.03 bits per heavy atom. The molecule has 0 unspecified atom stereocenters. The molecule has 32 heavy (non-hydrogen) atoms. The fourth-order valence-corrected chi connectivity index (χ4v) is 5.39. The summed E-state index contributed by atoms with van der Waals surface area (Å²) in [5.41, 5.74) is 7.46. The number of fused-ring (bicyclic) bond motifs is 1. The minimum Gasteiger partial charge on any atom is -0.337 e. The van der Waals surface area contributed by atoms with Gasteiger partial charge in [-0.2, -0.15) is 5.10 Å². The third-order valence-corrected chi connectivity index (χ3v) is 6.95. The van der Waals surface area contributed by atoms with Gasteiger partial charge in [-0.25, -0.2) is 0 Å². The van der Waals surface area contributed by atoms with Crippen LogP contribution in [0.5, 0.6) is 0 Å². The lowest BCUT2D eigenvalue weighted by molar-refractivity contribution is 0.0698. The van der Waals surface area contributed by atoms with Gasteiger partial charge in [0.15, 0.2) is 5.69 Å². The summed E-state index contributed by atoms with van der Waals surface area (Å²) in [5.74, 6) is 0.321. The highest BCUT2D eigenvalue weighted by atomic mass is 35.5. The Labute approximate surface area is 194 Å². The van der Waals surface area contributed by atoms with E-state index in [0.29, 0.717) is 12.2 Å². The van der Waals surface area contributed by atoms with Crippen molar-refractivity contribution in [3.05, 3.63) is 80.9 Å². The number of benzene rings is 1. The van der Waals surface area contributed by atoms with E-state index in [9.17, 15) is 4.79 Å². The second kappa shape index (κ2) is 9.07. The maximum Gasteiger partial charge on any atom is 0.274 e. The normalized spacial score (nSPS) is 18.4. The minimum atomic E-state index is 0.0703. The van der Waals surface area contributed by atoms with Gasteiger partial charge in [0.25, 0.3) is 5.91 Å². The smallest absolute Gasteiger partial charge is 0.274 e. The van der Waals surface area contributed by atoms with E-state index in [2.05, 4.69) is 28.4 Å². The maximum atomic E-state index is 13.3. The van der Waals surface area contributed by atoms with Crippen LogP contribution in [0.1, 0.15) is 75.9 Å². The second-order valence-corrected chi connectivity index (χ2v) is 9.61. The van der Waals surface area contributed by atoms with Gasteiger partial charge in [-0.15, -0.1) is 0 Å². The number of nitrogens with one attached hydrogen (secondary N) is 1. The molecule has 166 valence electrons. The van der Waals surface area contributed by atoms with Crippen LogP contribution >= 0.6 is 11.6 Å². The number of hydrogen-bond acceptors (Lipinski definition) is 3. The lowest BCUT2D eigenvalue weighted by Gasteiger charge is -2.32. The molecule has 0 saturated carbocycles. The first-order valence-electron chi connectivity index (χ1n) is 11.6. The van der Waals surface area contributed by atoms with Gasteiger partial charge in [0.2, 0.25) is 0 Å². The first-order chi connectivity index (χ1) is 15.6. The van der Waals surface area contributed by atoms with E-state index in [4.69, 9.17) is 16.6 Å². The monoisotopic (exact) mass is 448 g/mol. The number of piperidine rings is 1. The van der Waals surface area contributed by atoms with Crippen LogP contribution in [0, 0.1) is 6.92 Å². The highest BCUT2D eigenvalue weighted by Crippen LogP contribution is 2.30. The molecule has 1 N–H and O–H groups in total. The van der Waals surface area contributed by atoms with Gasteiger partial charge in [0.1, 0.15) is 0 Å². The zero-order chi connectivity index (χ0) is 22.1. The highest BCUT2D eigenvalue weighted by Gasteiger charge is 2.30. The largest absolute Gasteiger partial charge is 0.337 e. The molecule has 3 aromatic rings. The molecule has 6 heteroatoms. The predicted octanol–water partition coefficient (Wildman–Crippen LogP) is 5.26. The number of rotatable bonds is 4. The Bertz CT molecular complexity index is 1140. The number of aryl methyl sites for hydroxylation is 2. The van der Waals surface area contributed by atoms with Gasteiger partial charge >= 0.3 is 0 Å². The number of H-pyrrole nitrogens is 1. The average Bonchev–Trinajstić information content (AvgIpc) is 3.22. The molecule has 5 rings (SSSR count). The Morgan fingerprint density at radius 1 is 1.16 bits per heavy atom. The van der Waals surface area contributed by atoms with Crippen molar-refractivity contribution in [3.8, 4) is 0 Å². The van der Waals surface area contributed by atoms with Crippen LogP contribution in [0.25, 0.3) is 0 Å². The number of pyridine rings is 1. The number of aromatic nitrogens is 3. The molecular formula is C26H29ClN4O. The summed E-state index contributed by atoms with van der Waals surface area (Å²) in [7, 11) is 0. The molecule has 1 aromatic carbocycles. The zero-order valence-electron chi connectivity index (χ0n) is 18.5. The molecule has 0 spiro atoms. The van der Waals surface area contributed by atoms with Crippen LogP contribution in [0.2, 0.25) is 5.02 Å². The number of likely N-dealkylation sites (tertiary alicyclic amines) is 1. The van der Waals surface area contributed by atoms with Crippen molar-refractivity contribution in [2.75, 3.05) is 13.1 Å². The Kier molecular flexibility index (Phi) is 6.01. The van der Waals surface area contributed by atoms with Crippen molar-refractivity contribution in [2.24, 2.45) is 0 Å². The Balaban J connectivity index is 1.34. The lowest BCUT2D eigenvalue weighted by Crippen LogP contribution is -2.40. The van der Waals surface area contributed by atoms with E-state index in [0.717, 1.165) is 72.7 Å². The quantitative estimate of drug-likeness (QED) is 0.592. The molecule has 3 heterocycles. The van der Waals surface area contributed by atoms with E-state index in [-0.39, 0.29) is 11.8 Å². The van der Waals surface area contributed by atoms with Gasteiger partial charge in [0.05, 0.1) is 0 Å². The van der Waals surface area contributed by atoms with Crippen LogP contribution in [-0.4, -0.2) is 39.1 Å². The van der Waals surface area contributed by atoms with Crippen LogP contribution in [0.4, 0.5) is 0 Å². The summed E-state index contributed by atoms with van der Waals surface area (Å²) in [5, 5.41) is 8.28. The lowest BCUT2D eigenvalue weighted by atomic mass is 9.91. The van der Waals surface area contributed by atoms with E-state index in [1.54, 1.807) is 0 Å². The van der Waals surface area contributed by atoms with Crippen molar-refractivity contribution in [2.45, 2.75) is 57.8 Å². The van der Waals surface area contributed by atoms with Gasteiger partial charge in [0, 0.05) is 46.7 Å². The molecule has 0 bridgehead atoms. The fourth-order valence-electron chi connectivity index (χ4n) is 5.17. The van der Waals surface area contributed by atoms with Crippen molar-refractivity contribution >= 4 is 17.5 Å². The Hall–Kier alpha value is -2.66. The molecule has 1 amide bonds. The number of aromatic amines is 1. The third kappa shape index (κ3) is 4.44. The topological polar surface area (TPSA) is 61.9 Å². The van der Waals surface area contributed by atoms with Crippen LogP contribution in [0.3, 0.4) is 0 Å². The van der Waals surface area contributed by atoms with Gasteiger partial charge in [-0.3, -0.25) is 14.9 Å². The maximum absolute atomic E-state index is 13.3. The molecular weight excluding hydrogens is 420 g/mol. The average molecular weight is 449 g/mol. The number of nitrogens with zero attached hydrogens (tertiary/aromatic N) is 3. The first kappa shape index (κ1) is 21.2. The predicted molar refractivity (Wildman–Crippen MR) is 126 cm³/mol. The van der Waals surface area contributed by atoms with E-state index in [1.165, 1.54) is 17.5 Å². The molecule has 1 fully saturated rings. The van der Waals surface area contributed by atoms with E-state index in [1.807, 2.05) is 30.0 Å². The van der Waals surface area contributed by atoms with Crippen molar-refractivity contribution < 1.29 is 4.79 Å². The number of hydrogen-bond donors (Lipinski definition) is 1. The fraction of sp³-hybridized carbons (Fsp3) is 0.423. The van der Waals surface area contributed by atoms with Crippen molar-refractivity contribution in [3.63, 3.8) is 0 Å². The van der Waals surface area contributed by atoms with E-state index < -0.39 is 0 Å². The standard InChI is InChI=1S/C26H29ClN4O/c1-17-12-19(13-18-6-4-8-21(27)14-18)15-24(28-17)20-7-5-11-31(16-20)26(32)25-22-9-2-3-10-23(22)29-30-25/h4,6,8,12,14-15,20H,2-3,5,7,9-11,13,16H2,1H3,(H,29,30)/t20-/m0/s1. The summed E-state index contributed by atoms with van der Waals surface area (Å²) in [6.07, 6.45) is 7.13. The van der Waals surface area contributed by atoms with Crippen LogP contribution in [0.15, 0.2) is 36.4 Å². The van der Waals surface area contributed by atoms with Crippen molar-refractivity contribution in [1.29, 1.82) is 0 Å². The number of amides is 1. The summed E-state index contributed by atoms with van der Waals surface area (Å²) >= 11 is 6.17. The van der Waals surface area contributed by atoms with Gasteiger partial charge < -0.3 is 4.90 Å². The number of carbonyl (C=O) groups excluding carboxylic acids is 1. The molecule has 2 aromatic heterocycles. The summed E-state index contributed by atoms with van der Waals surface area (Å²) < 4.78 is 0. The van der Waals surface area contributed by atoms with Crippen molar-refractivity contribution in [1.82, 2.24) is 20.1 Å². The Morgan fingerprint density at radius 3 is 2.91 bits per heavy atom. The number of carbonyl (C=O) groups is 1. The second-order valence-electron chi connectivity index (χ2n) is 9.18. The molecule has 1 aliphatic carbocycles. The third-order valence-electron chi connectivity index (χ3n) is 6.72. The number of halogens is 1. The summed E-state index contributed by atoms with van der Waals surface area (Å²) in [4.78, 5) is 20.2. The molecule has 1 atom stereocenters. The van der Waals surface area contributed by atoms with Gasteiger partial charge in [-0.1, -0.05) is 23.7 Å². The summed E-state index contributed by atoms with van der Waals surface area (Å²) in [6, 6.07) is 12.4. The highest BCUT2D eigenvalue weighted by molar-refractivity contribution is 6.30. The van der Waals surface area contributed by atoms with Crippen LogP contribution in [-0.2, 0) is 19.3 Å². The zero-order valence-corrected chi connectivity index (χ0v) is 19.3. The molecule has 0 radical (unpaired) electrons. The molecule has 1 saturated heterocycles. The van der Waals surface area contributed by atoms with Gasteiger partial charge in [-0.05, 0) is 87.3 Å². The van der Waals surface area contributed by atoms with E-state index >= 15 is 0 Å². The molecule has 2 aliphatic rings. The van der Waals surface area contributed by atoms with Crippen LogP contribution < -0.4 is 0 Å². The summed E-state index contributed by atoms with van der Waals surface area (Å²) in [6.45, 7) is 3.54.